The van der Waals surface area contributed by atoms with Crippen molar-refractivity contribution in [2.45, 2.75) is 31.0 Å². The fourth-order valence-corrected chi connectivity index (χ4v) is 3.68. The number of methoxy groups -OCH3 is 2. The molecule has 0 aliphatic heterocycles. The van der Waals surface area contributed by atoms with Crippen molar-refractivity contribution in [2.75, 3.05) is 19.5 Å². The van der Waals surface area contributed by atoms with Crippen LogP contribution in [-0.4, -0.2) is 42.4 Å². The molecule has 0 saturated carbocycles. The second-order valence-corrected chi connectivity index (χ2v) is 6.99. The van der Waals surface area contributed by atoms with E-state index in [9.17, 15) is 28.6 Å². The molecule has 2 aliphatic rings. The maximum Gasteiger partial charge on any atom is 0.334 e. The third-order valence-electron chi connectivity index (χ3n) is 5.31. The number of hydrogen-bond acceptors (Lipinski definition) is 5. The topological polar surface area (TPSA) is 105 Å². The van der Waals surface area contributed by atoms with Gasteiger partial charge in [0.2, 0.25) is 0 Å². The molecule has 0 aromatic heterocycles. The van der Waals surface area contributed by atoms with Gasteiger partial charge in [0.1, 0.15) is 22.9 Å². The van der Waals surface area contributed by atoms with Gasteiger partial charge in [0, 0.05) is 19.1 Å². The first kappa shape index (κ1) is 21.7. The first-order valence-corrected chi connectivity index (χ1v) is 9.15. The lowest BCUT2D eigenvalue weighted by Gasteiger charge is -2.32. The molecule has 2 atom stereocenters. The number of hydrogen-bond donors (Lipinski definition) is 3. The number of benzene rings is 1. The predicted octanol–water partition coefficient (Wildman–Crippen LogP) is 2.77. The minimum atomic E-state index is -1.45. The average Bonchev–Trinajstić information content (AvgIpc) is 3.12. The fraction of sp³-hybridized carbons (Fsp3) is 0.333. The minimum Gasteiger partial charge on any atom is -0.501 e. The van der Waals surface area contributed by atoms with Gasteiger partial charge in [0.15, 0.2) is 0 Å². The van der Waals surface area contributed by atoms with Crippen molar-refractivity contribution < 1.29 is 38.1 Å². The Hall–Kier alpha value is -3.04. The number of halogens is 2. The Morgan fingerprint density at radius 3 is 2.47 bits per heavy atom. The number of anilines is 1. The quantitative estimate of drug-likeness (QED) is 0.653. The molecule has 1 amide bonds. The highest BCUT2D eigenvalue weighted by atomic mass is 19.1. The van der Waals surface area contributed by atoms with Gasteiger partial charge in [0.05, 0.1) is 24.5 Å². The highest BCUT2D eigenvalue weighted by molar-refractivity contribution is 6.09. The molecule has 2 aliphatic carbocycles. The van der Waals surface area contributed by atoms with Crippen LogP contribution in [0.25, 0.3) is 0 Å². The zero-order valence-corrected chi connectivity index (χ0v) is 16.4. The summed E-state index contributed by atoms with van der Waals surface area (Å²) in [4.78, 5) is 23.7. The maximum atomic E-state index is 14.8. The lowest BCUT2D eigenvalue weighted by Crippen LogP contribution is -2.29. The Bertz CT molecular complexity index is 961. The van der Waals surface area contributed by atoms with Crippen LogP contribution in [0.3, 0.4) is 0 Å². The summed E-state index contributed by atoms with van der Waals surface area (Å²) in [5.74, 6) is -3.96. The summed E-state index contributed by atoms with van der Waals surface area (Å²) in [5.41, 5.74) is -2.36. The van der Waals surface area contributed by atoms with Gasteiger partial charge in [-0.25, -0.2) is 13.6 Å². The van der Waals surface area contributed by atoms with E-state index in [4.69, 9.17) is 9.47 Å². The number of carboxylic acids is 1. The van der Waals surface area contributed by atoms with Crippen LogP contribution in [0.1, 0.15) is 24.8 Å². The van der Waals surface area contributed by atoms with Crippen LogP contribution in [0.2, 0.25) is 0 Å². The van der Waals surface area contributed by atoms with Gasteiger partial charge in [-0.15, -0.1) is 0 Å². The Morgan fingerprint density at radius 2 is 1.90 bits per heavy atom. The molecule has 160 valence electrons. The summed E-state index contributed by atoms with van der Waals surface area (Å²) in [6.07, 6.45) is 3.96. The summed E-state index contributed by atoms with van der Waals surface area (Å²) < 4.78 is 40.3. The van der Waals surface area contributed by atoms with E-state index in [2.05, 4.69) is 5.32 Å². The molecule has 3 N–H and O–H groups in total. The van der Waals surface area contributed by atoms with E-state index in [0.29, 0.717) is 5.76 Å². The smallest absolute Gasteiger partial charge is 0.334 e. The van der Waals surface area contributed by atoms with Crippen molar-refractivity contribution in [2.24, 2.45) is 0 Å². The summed E-state index contributed by atoms with van der Waals surface area (Å²) in [6.45, 7) is 0. The molecule has 30 heavy (non-hydrogen) atoms. The minimum absolute atomic E-state index is 0.0142. The number of aliphatic hydroxyl groups is 1. The Kier molecular flexibility index (Phi) is 6.04. The van der Waals surface area contributed by atoms with Crippen LogP contribution in [0, 0.1) is 11.6 Å². The standard InChI is InChI=1S/C21H21F2NO6/c1-29-12-4-3-7-21(10-12,30-2)11-8-14(22)18(15(23)9-11)24-19(26)13-5-6-16(25)17(13)20(27)28/h3-4,7-9,16,25H,5-6,10H2,1-2H3,(H,24,26)(H,27,28). The highest BCUT2D eigenvalue weighted by Gasteiger charge is 2.36. The predicted molar refractivity (Wildman–Crippen MR) is 102 cm³/mol. The van der Waals surface area contributed by atoms with Gasteiger partial charge < -0.3 is 25.0 Å². The van der Waals surface area contributed by atoms with Crippen LogP contribution in [0.4, 0.5) is 14.5 Å². The highest BCUT2D eigenvalue weighted by Crippen LogP contribution is 2.39. The van der Waals surface area contributed by atoms with Crippen molar-refractivity contribution in [3.63, 3.8) is 0 Å². The van der Waals surface area contributed by atoms with Gasteiger partial charge in [0.25, 0.3) is 5.91 Å². The van der Waals surface area contributed by atoms with Gasteiger partial charge in [-0.1, -0.05) is 6.08 Å². The lowest BCUT2D eigenvalue weighted by molar-refractivity contribution is -0.134. The van der Waals surface area contributed by atoms with E-state index in [-0.39, 0.29) is 30.4 Å². The molecule has 1 aromatic carbocycles. The molecule has 0 heterocycles. The van der Waals surface area contributed by atoms with Crippen molar-refractivity contribution in [3.05, 3.63) is 64.5 Å². The number of carboxylic acid groups (broad SMARTS) is 1. The Morgan fingerprint density at radius 1 is 1.23 bits per heavy atom. The van der Waals surface area contributed by atoms with Crippen molar-refractivity contribution in [1.29, 1.82) is 0 Å². The third-order valence-corrected chi connectivity index (χ3v) is 5.31. The van der Waals surface area contributed by atoms with E-state index in [1.807, 2.05) is 0 Å². The summed E-state index contributed by atoms with van der Waals surface area (Å²) >= 11 is 0. The van der Waals surface area contributed by atoms with E-state index in [0.717, 1.165) is 12.1 Å². The SMILES string of the molecule is COC1=CC=CC(OC)(c2cc(F)c(NC(=O)C3=C(C(=O)O)C(O)CC3)c(F)c2)C1. The van der Waals surface area contributed by atoms with Gasteiger partial charge in [-0.3, -0.25) is 4.79 Å². The molecule has 0 spiro atoms. The Labute approximate surface area is 171 Å². The number of ether oxygens (including phenoxy) is 2. The fourth-order valence-electron chi connectivity index (χ4n) is 3.68. The molecule has 0 fully saturated rings. The monoisotopic (exact) mass is 421 g/mol. The molecule has 9 heteroatoms. The van der Waals surface area contributed by atoms with Gasteiger partial charge in [-0.05, 0) is 42.7 Å². The second kappa shape index (κ2) is 8.37. The number of nitrogens with one attached hydrogen (secondary N) is 1. The summed E-state index contributed by atoms with van der Waals surface area (Å²) in [6, 6.07) is 2.09. The largest absolute Gasteiger partial charge is 0.501 e. The van der Waals surface area contributed by atoms with E-state index in [1.165, 1.54) is 14.2 Å². The first-order valence-electron chi connectivity index (χ1n) is 9.15. The Balaban J connectivity index is 1.93. The van der Waals surface area contributed by atoms with Crippen LogP contribution in [-0.2, 0) is 24.7 Å². The van der Waals surface area contributed by atoms with E-state index >= 15 is 0 Å². The van der Waals surface area contributed by atoms with Crippen molar-refractivity contribution >= 4 is 17.6 Å². The van der Waals surface area contributed by atoms with Crippen molar-refractivity contribution in [3.8, 4) is 0 Å². The van der Waals surface area contributed by atoms with E-state index < -0.39 is 46.5 Å². The molecule has 3 rings (SSSR count). The molecule has 2 unspecified atom stereocenters. The van der Waals surface area contributed by atoms with Crippen LogP contribution in [0.15, 0.2) is 47.3 Å². The van der Waals surface area contributed by atoms with Crippen molar-refractivity contribution in [1.82, 2.24) is 0 Å². The normalized spacial score (nSPS) is 23.4. The number of carbonyl (C=O) groups excluding carboxylic acids is 1. The van der Waals surface area contributed by atoms with Crippen LogP contribution >= 0.6 is 0 Å². The summed E-state index contributed by atoms with van der Waals surface area (Å²) in [5, 5.41) is 21.0. The van der Waals surface area contributed by atoms with E-state index in [1.54, 1.807) is 18.2 Å². The van der Waals surface area contributed by atoms with Crippen LogP contribution in [0.5, 0.6) is 0 Å². The number of carbonyl (C=O) groups is 2. The number of amides is 1. The molecule has 0 bridgehead atoms. The lowest BCUT2D eigenvalue weighted by atomic mass is 9.86. The van der Waals surface area contributed by atoms with Gasteiger partial charge >= 0.3 is 5.97 Å². The molecular formula is C21H21F2NO6. The maximum absolute atomic E-state index is 14.8. The molecule has 7 nitrogen and oxygen atoms in total. The molecule has 0 saturated heterocycles. The zero-order chi connectivity index (χ0) is 22.1. The zero-order valence-electron chi connectivity index (χ0n) is 16.4. The summed E-state index contributed by atoms with van der Waals surface area (Å²) in [7, 11) is 2.88. The second-order valence-electron chi connectivity index (χ2n) is 6.99. The average molecular weight is 421 g/mol. The van der Waals surface area contributed by atoms with Gasteiger partial charge in [-0.2, -0.15) is 0 Å². The third kappa shape index (κ3) is 3.86. The molecule has 1 aromatic rings. The first-order chi connectivity index (χ1) is 14.2. The number of aliphatic hydroxyl groups excluding tert-OH is 1. The van der Waals surface area contributed by atoms with Crippen LogP contribution < -0.4 is 5.32 Å². The number of aliphatic carboxylic acids is 1. The molecular weight excluding hydrogens is 400 g/mol. The number of rotatable bonds is 6. The number of allylic oxidation sites excluding steroid dienone is 2. The molecule has 0 radical (unpaired) electrons.